The van der Waals surface area contributed by atoms with Gasteiger partial charge in [-0.3, -0.25) is 0 Å². The summed E-state index contributed by atoms with van der Waals surface area (Å²) in [6.07, 6.45) is 7.85. The number of aliphatic hydroxyl groups is 1. The van der Waals surface area contributed by atoms with Gasteiger partial charge in [0.15, 0.2) is 0 Å². The number of anilines is 2. The van der Waals surface area contributed by atoms with E-state index in [-0.39, 0.29) is 0 Å². The predicted octanol–water partition coefficient (Wildman–Crippen LogP) is 3.04. The van der Waals surface area contributed by atoms with E-state index in [9.17, 15) is 5.11 Å². The van der Waals surface area contributed by atoms with E-state index >= 15 is 0 Å². The quantitative estimate of drug-likeness (QED) is 0.720. The molecular formula is C16H28N4O. The molecule has 2 rings (SSSR count). The molecule has 0 radical (unpaired) electrons. The molecule has 0 aliphatic heterocycles. The lowest BCUT2D eigenvalue weighted by Gasteiger charge is -2.36. The number of hydrogen-bond acceptors (Lipinski definition) is 5. The molecule has 0 spiro atoms. The standard InChI is InChI=1S/C16H28N4O/c1-3-9-17-14-10-15(20-12-19-14)18-11-16(21)7-5-13(4-2)6-8-16/h10,12-13,21H,3-9,11H2,1-2H3,(H2,17,18,19,20). The average Bonchev–Trinajstić information content (AvgIpc) is 2.52. The SMILES string of the molecule is CCCNc1cc(NCC2(O)CCC(CC)CC2)ncn1. The van der Waals surface area contributed by atoms with Gasteiger partial charge in [-0.05, 0) is 38.0 Å². The highest BCUT2D eigenvalue weighted by molar-refractivity contribution is 5.46. The average molecular weight is 292 g/mol. The van der Waals surface area contributed by atoms with E-state index in [0.717, 1.165) is 56.2 Å². The van der Waals surface area contributed by atoms with Gasteiger partial charge in [-0.2, -0.15) is 0 Å². The van der Waals surface area contributed by atoms with Crippen molar-refractivity contribution in [1.29, 1.82) is 0 Å². The van der Waals surface area contributed by atoms with Crippen LogP contribution in [-0.2, 0) is 0 Å². The summed E-state index contributed by atoms with van der Waals surface area (Å²) in [6, 6.07) is 1.90. The highest BCUT2D eigenvalue weighted by Crippen LogP contribution is 2.33. The van der Waals surface area contributed by atoms with Crippen LogP contribution in [0.2, 0.25) is 0 Å². The van der Waals surface area contributed by atoms with Crippen molar-refractivity contribution in [3.05, 3.63) is 12.4 Å². The van der Waals surface area contributed by atoms with Crippen LogP contribution in [0.25, 0.3) is 0 Å². The molecule has 1 aliphatic carbocycles. The topological polar surface area (TPSA) is 70.1 Å². The molecule has 0 amide bonds. The van der Waals surface area contributed by atoms with Crippen molar-refractivity contribution < 1.29 is 5.11 Å². The highest BCUT2D eigenvalue weighted by Gasteiger charge is 2.32. The summed E-state index contributed by atoms with van der Waals surface area (Å²) in [5.74, 6) is 2.39. The first kappa shape index (κ1) is 16.0. The highest BCUT2D eigenvalue weighted by atomic mass is 16.3. The van der Waals surface area contributed by atoms with Gasteiger partial charge in [-0.1, -0.05) is 20.3 Å². The van der Waals surface area contributed by atoms with E-state index in [0.29, 0.717) is 6.54 Å². The molecule has 1 heterocycles. The molecular weight excluding hydrogens is 264 g/mol. The Morgan fingerprint density at radius 1 is 1.19 bits per heavy atom. The zero-order chi connectivity index (χ0) is 15.1. The van der Waals surface area contributed by atoms with Crippen molar-refractivity contribution in [2.45, 2.75) is 58.0 Å². The number of nitrogens with one attached hydrogen (secondary N) is 2. The van der Waals surface area contributed by atoms with Crippen LogP contribution in [0, 0.1) is 5.92 Å². The minimum absolute atomic E-state index is 0.563. The summed E-state index contributed by atoms with van der Waals surface area (Å²) in [4.78, 5) is 8.41. The lowest BCUT2D eigenvalue weighted by atomic mass is 9.78. The van der Waals surface area contributed by atoms with Crippen LogP contribution < -0.4 is 10.6 Å². The number of rotatable bonds is 7. The van der Waals surface area contributed by atoms with Crippen molar-refractivity contribution in [1.82, 2.24) is 9.97 Å². The van der Waals surface area contributed by atoms with Crippen LogP contribution in [0.4, 0.5) is 11.6 Å². The van der Waals surface area contributed by atoms with Gasteiger partial charge in [0.2, 0.25) is 0 Å². The molecule has 0 unspecified atom stereocenters. The van der Waals surface area contributed by atoms with Crippen molar-refractivity contribution in [3.63, 3.8) is 0 Å². The van der Waals surface area contributed by atoms with E-state index < -0.39 is 5.60 Å². The van der Waals surface area contributed by atoms with Gasteiger partial charge in [0.25, 0.3) is 0 Å². The smallest absolute Gasteiger partial charge is 0.131 e. The molecule has 1 aromatic heterocycles. The minimum atomic E-state index is -0.590. The summed E-state index contributed by atoms with van der Waals surface area (Å²) in [6.45, 7) is 5.82. The minimum Gasteiger partial charge on any atom is -0.388 e. The maximum atomic E-state index is 10.6. The van der Waals surface area contributed by atoms with Gasteiger partial charge in [-0.15, -0.1) is 0 Å². The van der Waals surface area contributed by atoms with Crippen LogP contribution in [0.1, 0.15) is 52.4 Å². The van der Waals surface area contributed by atoms with Gasteiger partial charge < -0.3 is 15.7 Å². The summed E-state index contributed by atoms with van der Waals surface area (Å²) in [5, 5.41) is 17.1. The molecule has 1 aromatic rings. The van der Waals surface area contributed by atoms with E-state index in [1.54, 1.807) is 6.33 Å². The van der Waals surface area contributed by atoms with Crippen LogP contribution in [0.15, 0.2) is 12.4 Å². The Balaban J connectivity index is 1.85. The Bertz CT molecular complexity index is 430. The Morgan fingerprint density at radius 2 is 1.86 bits per heavy atom. The van der Waals surface area contributed by atoms with Gasteiger partial charge in [-0.25, -0.2) is 9.97 Å². The Morgan fingerprint density at radius 3 is 2.48 bits per heavy atom. The fourth-order valence-corrected chi connectivity index (χ4v) is 2.86. The predicted molar refractivity (Wildman–Crippen MR) is 86.5 cm³/mol. The second kappa shape index (κ2) is 7.59. The maximum Gasteiger partial charge on any atom is 0.131 e. The third-order valence-corrected chi connectivity index (χ3v) is 4.43. The zero-order valence-corrected chi connectivity index (χ0v) is 13.2. The Kier molecular flexibility index (Phi) is 5.79. The van der Waals surface area contributed by atoms with Gasteiger partial charge >= 0.3 is 0 Å². The molecule has 5 heteroatoms. The van der Waals surface area contributed by atoms with Gasteiger partial charge in [0, 0.05) is 19.2 Å². The number of aromatic nitrogens is 2. The fraction of sp³-hybridized carbons (Fsp3) is 0.750. The molecule has 3 N–H and O–H groups in total. The van der Waals surface area contributed by atoms with E-state index in [2.05, 4.69) is 34.4 Å². The van der Waals surface area contributed by atoms with Gasteiger partial charge in [0.05, 0.1) is 5.60 Å². The van der Waals surface area contributed by atoms with E-state index in [4.69, 9.17) is 0 Å². The lowest BCUT2D eigenvalue weighted by Crippen LogP contribution is -2.40. The largest absolute Gasteiger partial charge is 0.388 e. The summed E-state index contributed by atoms with van der Waals surface area (Å²) in [7, 11) is 0. The summed E-state index contributed by atoms with van der Waals surface area (Å²) in [5.41, 5.74) is -0.590. The molecule has 1 aliphatic rings. The fourth-order valence-electron chi connectivity index (χ4n) is 2.86. The number of hydrogen-bond donors (Lipinski definition) is 3. The molecule has 0 atom stereocenters. The monoisotopic (exact) mass is 292 g/mol. The third kappa shape index (κ3) is 4.84. The normalized spacial score (nSPS) is 25.6. The molecule has 0 saturated heterocycles. The van der Waals surface area contributed by atoms with Crippen LogP contribution >= 0.6 is 0 Å². The first-order valence-corrected chi connectivity index (χ1v) is 8.17. The van der Waals surface area contributed by atoms with Crippen molar-refractivity contribution in [3.8, 4) is 0 Å². The van der Waals surface area contributed by atoms with Crippen molar-refractivity contribution in [2.75, 3.05) is 23.7 Å². The van der Waals surface area contributed by atoms with Crippen molar-refractivity contribution in [2.24, 2.45) is 5.92 Å². The van der Waals surface area contributed by atoms with Crippen molar-refractivity contribution >= 4 is 11.6 Å². The molecule has 0 aromatic carbocycles. The first-order valence-electron chi connectivity index (χ1n) is 8.17. The molecule has 5 nitrogen and oxygen atoms in total. The number of nitrogens with zero attached hydrogens (tertiary/aromatic N) is 2. The Hall–Kier alpha value is -1.36. The Labute approximate surface area is 127 Å². The van der Waals surface area contributed by atoms with E-state index in [1.165, 1.54) is 6.42 Å². The molecule has 0 bridgehead atoms. The molecule has 1 fully saturated rings. The second-order valence-electron chi connectivity index (χ2n) is 6.14. The third-order valence-electron chi connectivity index (χ3n) is 4.43. The zero-order valence-electron chi connectivity index (χ0n) is 13.2. The second-order valence-corrected chi connectivity index (χ2v) is 6.14. The molecule has 1 saturated carbocycles. The maximum absolute atomic E-state index is 10.6. The molecule has 21 heavy (non-hydrogen) atoms. The lowest BCUT2D eigenvalue weighted by molar-refractivity contribution is 0.00223. The van der Waals surface area contributed by atoms with Gasteiger partial charge in [0.1, 0.15) is 18.0 Å². The van der Waals surface area contributed by atoms with E-state index in [1.807, 2.05) is 6.07 Å². The van der Waals surface area contributed by atoms with Crippen LogP contribution in [0.3, 0.4) is 0 Å². The first-order chi connectivity index (χ1) is 10.1. The summed E-state index contributed by atoms with van der Waals surface area (Å²) < 4.78 is 0. The van der Waals surface area contributed by atoms with Crippen LogP contribution in [-0.4, -0.2) is 33.8 Å². The van der Waals surface area contributed by atoms with Crippen LogP contribution in [0.5, 0.6) is 0 Å². The summed E-state index contributed by atoms with van der Waals surface area (Å²) >= 11 is 0. The molecule has 118 valence electrons.